The lowest BCUT2D eigenvalue weighted by atomic mass is 10.0. The van der Waals surface area contributed by atoms with Crippen molar-refractivity contribution in [2.45, 2.75) is 45.4 Å². The van der Waals surface area contributed by atoms with E-state index >= 15 is 0 Å². The lowest BCUT2D eigenvalue weighted by Gasteiger charge is -2.12. The second kappa shape index (κ2) is 5.97. The Morgan fingerprint density at radius 1 is 1.48 bits per heavy atom. The van der Waals surface area contributed by atoms with E-state index in [0.717, 1.165) is 42.1 Å². The Labute approximate surface area is 127 Å². The first-order valence-corrected chi connectivity index (χ1v) is 8.33. The number of anilines is 1. The quantitative estimate of drug-likeness (QED) is 0.874. The average molecular weight is 305 g/mol. The molecule has 6 heteroatoms. The van der Waals surface area contributed by atoms with Gasteiger partial charge in [-0.2, -0.15) is 4.98 Å². The zero-order valence-electron chi connectivity index (χ0n) is 12.3. The number of amides is 1. The molecule has 1 saturated carbocycles. The van der Waals surface area contributed by atoms with Gasteiger partial charge in [0, 0.05) is 11.8 Å². The monoisotopic (exact) mass is 305 g/mol. The van der Waals surface area contributed by atoms with Crippen LogP contribution in [0, 0.1) is 5.92 Å². The number of carbonyl (C=O) groups excluding carboxylic acids is 1. The van der Waals surface area contributed by atoms with Crippen LogP contribution in [0.1, 0.15) is 51.3 Å². The summed E-state index contributed by atoms with van der Waals surface area (Å²) in [5.74, 6) is 1.86. The predicted molar refractivity (Wildman–Crippen MR) is 82.3 cm³/mol. The van der Waals surface area contributed by atoms with E-state index in [9.17, 15) is 4.79 Å². The van der Waals surface area contributed by atoms with Gasteiger partial charge in [-0.25, -0.2) is 0 Å². The minimum Gasteiger partial charge on any atom is -0.333 e. The third-order valence-electron chi connectivity index (χ3n) is 3.86. The minimum absolute atomic E-state index is 0.0439. The molecule has 0 spiro atoms. The van der Waals surface area contributed by atoms with Gasteiger partial charge < -0.3 is 9.84 Å². The number of carbonyl (C=O) groups is 1. The van der Waals surface area contributed by atoms with Crippen LogP contribution in [0.2, 0.25) is 0 Å². The van der Waals surface area contributed by atoms with Crippen LogP contribution < -0.4 is 5.32 Å². The molecule has 5 nitrogen and oxygen atoms in total. The molecule has 2 aromatic rings. The molecule has 0 unspecified atom stereocenters. The molecule has 0 aliphatic heterocycles. The molecule has 3 rings (SSSR count). The van der Waals surface area contributed by atoms with Crippen LogP contribution in [-0.2, 0) is 4.79 Å². The molecule has 0 saturated heterocycles. The van der Waals surface area contributed by atoms with E-state index in [1.165, 1.54) is 11.3 Å². The summed E-state index contributed by atoms with van der Waals surface area (Å²) in [6.45, 7) is 4.06. The zero-order valence-corrected chi connectivity index (χ0v) is 13.1. The summed E-state index contributed by atoms with van der Waals surface area (Å²) < 4.78 is 5.34. The van der Waals surface area contributed by atoms with Crippen LogP contribution in [0.4, 0.5) is 5.69 Å². The van der Waals surface area contributed by atoms with Gasteiger partial charge in [0.1, 0.15) is 4.88 Å². The smallest absolute Gasteiger partial charge is 0.270 e. The van der Waals surface area contributed by atoms with Gasteiger partial charge >= 0.3 is 0 Å². The first-order valence-electron chi connectivity index (χ1n) is 7.45. The van der Waals surface area contributed by atoms with E-state index in [1.807, 2.05) is 25.3 Å². The Morgan fingerprint density at radius 3 is 2.90 bits per heavy atom. The van der Waals surface area contributed by atoms with Crippen LogP contribution in [0.15, 0.2) is 16.0 Å². The van der Waals surface area contributed by atoms with Crippen LogP contribution in [0.3, 0.4) is 0 Å². The fourth-order valence-electron chi connectivity index (χ4n) is 2.30. The lowest BCUT2D eigenvalue weighted by molar-refractivity contribution is -0.120. The lowest BCUT2D eigenvalue weighted by Crippen LogP contribution is -2.21. The van der Waals surface area contributed by atoms with Crippen molar-refractivity contribution < 1.29 is 9.32 Å². The highest BCUT2D eigenvalue weighted by Gasteiger charge is 2.29. The van der Waals surface area contributed by atoms with Crippen molar-refractivity contribution in [1.82, 2.24) is 10.1 Å². The SMILES string of the molecule is CCC(CC)C(=O)Nc1ccsc1-c1nc(C2CC2)no1. The van der Waals surface area contributed by atoms with E-state index in [1.54, 1.807) is 0 Å². The molecular weight excluding hydrogens is 286 g/mol. The maximum Gasteiger partial charge on any atom is 0.270 e. The second-order valence-electron chi connectivity index (χ2n) is 5.40. The molecule has 0 aromatic carbocycles. The molecule has 21 heavy (non-hydrogen) atoms. The largest absolute Gasteiger partial charge is 0.333 e. The van der Waals surface area contributed by atoms with Crippen LogP contribution in [-0.4, -0.2) is 16.0 Å². The molecule has 0 radical (unpaired) electrons. The van der Waals surface area contributed by atoms with Gasteiger partial charge in [-0.1, -0.05) is 19.0 Å². The first kappa shape index (κ1) is 14.3. The third-order valence-corrected chi connectivity index (χ3v) is 4.76. The summed E-state index contributed by atoms with van der Waals surface area (Å²) in [5, 5.41) is 8.95. The standard InChI is InChI=1S/C15H19N3O2S/c1-3-9(4-2)14(19)16-11-7-8-21-12(11)15-17-13(18-20-15)10-5-6-10/h7-10H,3-6H2,1-2H3,(H,16,19). The molecule has 1 fully saturated rings. The number of nitrogens with zero attached hydrogens (tertiary/aromatic N) is 2. The average Bonchev–Trinajstić information content (AvgIpc) is 3.04. The fraction of sp³-hybridized carbons (Fsp3) is 0.533. The van der Waals surface area contributed by atoms with Crippen molar-refractivity contribution in [2.24, 2.45) is 5.92 Å². The number of hydrogen-bond donors (Lipinski definition) is 1. The van der Waals surface area contributed by atoms with E-state index in [4.69, 9.17) is 4.52 Å². The molecule has 0 bridgehead atoms. The molecule has 2 aromatic heterocycles. The normalized spacial score (nSPS) is 14.6. The number of hydrogen-bond acceptors (Lipinski definition) is 5. The number of nitrogens with one attached hydrogen (secondary N) is 1. The highest BCUT2D eigenvalue weighted by atomic mass is 32.1. The van der Waals surface area contributed by atoms with Gasteiger partial charge in [0.05, 0.1) is 5.69 Å². The van der Waals surface area contributed by atoms with E-state index < -0.39 is 0 Å². The van der Waals surface area contributed by atoms with Gasteiger partial charge in [0.15, 0.2) is 5.82 Å². The summed E-state index contributed by atoms with van der Waals surface area (Å²) in [5.41, 5.74) is 0.767. The molecule has 1 aliphatic rings. The van der Waals surface area contributed by atoms with Crippen molar-refractivity contribution in [1.29, 1.82) is 0 Å². The Kier molecular flexibility index (Phi) is 4.05. The van der Waals surface area contributed by atoms with Gasteiger partial charge in [-0.15, -0.1) is 11.3 Å². The summed E-state index contributed by atoms with van der Waals surface area (Å²) in [6, 6.07) is 1.89. The number of aromatic nitrogens is 2. The number of thiophene rings is 1. The highest BCUT2D eigenvalue weighted by Crippen LogP contribution is 2.40. The first-order chi connectivity index (χ1) is 10.2. The van der Waals surface area contributed by atoms with Gasteiger partial charge in [-0.3, -0.25) is 4.79 Å². The summed E-state index contributed by atoms with van der Waals surface area (Å²) in [6.07, 6.45) is 3.96. The molecule has 1 aliphatic carbocycles. The van der Waals surface area contributed by atoms with Crippen LogP contribution >= 0.6 is 11.3 Å². The van der Waals surface area contributed by atoms with Gasteiger partial charge in [-0.05, 0) is 37.1 Å². The minimum atomic E-state index is 0.0439. The maximum absolute atomic E-state index is 12.2. The fourth-order valence-corrected chi connectivity index (χ4v) is 3.07. The third kappa shape index (κ3) is 3.00. The number of rotatable bonds is 6. The molecule has 112 valence electrons. The Morgan fingerprint density at radius 2 is 2.24 bits per heavy atom. The van der Waals surface area contributed by atoms with Crippen molar-refractivity contribution in [3.8, 4) is 10.8 Å². The highest BCUT2D eigenvalue weighted by molar-refractivity contribution is 7.14. The van der Waals surface area contributed by atoms with Crippen LogP contribution in [0.5, 0.6) is 0 Å². The molecular formula is C15H19N3O2S. The van der Waals surface area contributed by atoms with Crippen molar-refractivity contribution in [3.05, 3.63) is 17.3 Å². The van der Waals surface area contributed by atoms with Crippen molar-refractivity contribution in [3.63, 3.8) is 0 Å². The van der Waals surface area contributed by atoms with E-state index in [0.29, 0.717) is 11.8 Å². The Bertz CT molecular complexity index is 626. The topological polar surface area (TPSA) is 68.0 Å². The van der Waals surface area contributed by atoms with Gasteiger partial charge in [0.2, 0.25) is 5.91 Å². The molecule has 1 amide bonds. The Balaban J connectivity index is 1.78. The van der Waals surface area contributed by atoms with Crippen LogP contribution in [0.25, 0.3) is 10.8 Å². The van der Waals surface area contributed by atoms with Gasteiger partial charge in [0.25, 0.3) is 5.89 Å². The van der Waals surface area contributed by atoms with Crippen molar-refractivity contribution >= 4 is 22.9 Å². The summed E-state index contributed by atoms with van der Waals surface area (Å²) >= 11 is 1.51. The maximum atomic E-state index is 12.2. The van der Waals surface area contributed by atoms with E-state index in [2.05, 4.69) is 15.5 Å². The molecule has 1 N–H and O–H groups in total. The molecule has 2 heterocycles. The predicted octanol–water partition coefficient (Wildman–Crippen LogP) is 4.05. The second-order valence-corrected chi connectivity index (χ2v) is 6.31. The summed E-state index contributed by atoms with van der Waals surface area (Å²) in [7, 11) is 0. The Hall–Kier alpha value is -1.69. The van der Waals surface area contributed by atoms with Crippen molar-refractivity contribution in [2.75, 3.05) is 5.32 Å². The zero-order chi connectivity index (χ0) is 14.8. The molecule has 0 atom stereocenters. The van der Waals surface area contributed by atoms with E-state index in [-0.39, 0.29) is 11.8 Å². The summed E-state index contributed by atoms with van der Waals surface area (Å²) in [4.78, 5) is 17.5.